The fourth-order valence-electron chi connectivity index (χ4n) is 3.05. The molecule has 8 heteroatoms. The van der Waals surface area contributed by atoms with Crippen molar-refractivity contribution < 1.29 is 9.32 Å². The van der Waals surface area contributed by atoms with Gasteiger partial charge in [-0.05, 0) is 29.8 Å². The highest BCUT2D eigenvalue weighted by Crippen LogP contribution is 2.25. The van der Waals surface area contributed by atoms with Crippen LogP contribution >= 0.6 is 23.2 Å². The maximum absolute atomic E-state index is 12.7. The van der Waals surface area contributed by atoms with E-state index >= 15 is 0 Å². The number of aryl methyl sites for hydroxylation is 1. The highest BCUT2D eigenvalue weighted by molar-refractivity contribution is 6.36. The molecule has 3 aromatic rings. The number of aromatic nitrogens is 2. The minimum Gasteiger partial charge on any atom is -0.339 e. The van der Waals surface area contributed by atoms with Gasteiger partial charge in [-0.15, -0.1) is 0 Å². The molecule has 1 amide bonds. The second kappa shape index (κ2) is 7.73. The summed E-state index contributed by atoms with van der Waals surface area (Å²) in [6.45, 7) is 2.25. The third-order valence-corrected chi connectivity index (χ3v) is 4.96. The van der Waals surface area contributed by atoms with Crippen molar-refractivity contribution in [2.45, 2.75) is 19.8 Å². The van der Waals surface area contributed by atoms with E-state index in [0.717, 1.165) is 22.4 Å². The summed E-state index contributed by atoms with van der Waals surface area (Å²) in [6, 6.07) is 12.8. The van der Waals surface area contributed by atoms with Gasteiger partial charge in [-0.2, -0.15) is 10.1 Å². The Hall–Kier alpha value is -2.70. The number of carbonyl (C=O) groups is 1. The van der Waals surface area contributed by atoms with E-state index in [-0.39, 0.29) is 12.3 Å². The summed E-state index contributed by atoms with van der Waals surface area (Å²) in [5.74, 6) is 0.911. The molecular formula is C20H16Cl2N4O2. The first-order chi connectivity index (χ1) is 13.5. The minimum absolute atomic E-state index is 0.0883. The molecule has 0 spiro atoms. The molecule has 1 aromatic heterocycles. The van der Waals surface area contributed by atoms with E-state index in [1.165, 1.54) is 5.01 Å². The van der Waals surface area contributed by atoms with Crippen molar-refractivity contribution in [2.24, 2.45) is 5.10 Å². The van der Waals surface area contributed by atoms with Crippen LogP contribution in [-0.2, 0) is 11.2 Å². The number of benzene rings is 2. The molecule has 0 saturated heterocycles. The predicted molar refractivity (Wildman–Crippen MR) is 108 cm³/mol. The first-order valence-electron chi connectivity index (χ1n) is 8.72. The van der Waals surface area contributed by atoms with Crippen LogP contribution in [0.2, 0.25) is 10.0 Å². The fraction of sp³-hybridized carbons (Fsp3) is 0.200. The predicted octanol–water partition coefficient (Wildman–Crippen LogP) is 4.53. The van der Waals surface area contributed by atoms with Gasteiger partial charge in [-0.1, -0.05) is 46.6 Å². The molecule has 0 saturated carbocycles. The summed E-state index contributed by atoms with van der Waals surface area (Å²) in [4.78, 5) is 16.9. The highest BCUT2D eigenvalue weighted by atomic mass is 35.5. The van der Waals surface area contributed by atoms with Crippen molar-refractivity contribution in [1.29, 1.82) is 0 Å². The van der Waals surface area contributed by atoms with Crippen LogP contribution in [0.25, 0.3) is 11.4 Å². The van der Waals surface area contributed by atoms with Gasteiger partial charge in [0.1, 0.15) is 0 Å². The topological polar surface area (TPSA) is 71.6 Å². The maximum Gasteiger partial charge on any atom is 0.247 e. The van der Waals surface area contributed by atoms with E-state index in [0.29, 0.717) is 34.7 Å². The van der Waals surface area contributed by atoms with Gasteiger partial charge in [0.2, 0.25) is 17.6 Å². The fourth-order valence-corrected chi connectivity index (χ4v) is 3.45. The van der Waals surface area contributed by atoms with Crippen LogP contribution < -0.4 is 0 Å². The van der Waals surface area contributed by atoms with E-state index < -0.39 is 0 Å². The molecule has 0 N–H and O–H groups in total. The molecule has 28 heavy (non-hydrogen) atoms. The van der Waals surface area contributed by atoms with Crippen molar-refractivity contribution in [3.05, 3.63) is 69.5 Å². The molecule has 1 aliphatic rings. The quantitative estimate of drug-likeness (QED) is 0.628. The first kappa shape index (κ1) is 18.7. The molecular weight excluding hydrogens is 399 g/mol. The maximum atomic E-state index is 12.7. The summed E-state index contributed by atoms with van der Waals surface area (Å²) in [6.07, 6.45) is 0.860. The standard InChI is InChI=1S/C20H16Cl2N4O2/c1-12-23-20(25-28-12)14-4-2-3-13(9-14)10-19(27)26-8-7-18(24-26)16-11-15(21)5-6-17(16)22/h2-6,9,11H,7-8,10H2,1H3. The monoisotopic (exact) mass is 414 g/mol. The van der Waals surface area contributed by atoms with Crippen molar-refractivity contribution in [2.75, 3.05) is 6.54 Å². The van der Waals surface area contributed by atoms with Crippen molar-refractivity contribution >= 4 is 34.8 Å². The number of halogens is 2. The van der Waals surface area contributed by atoms with Crippen LogP contribution in [0.4, 0.5) is 0 Å². The number of hydrogen-bond acceptors (Lipinski definition) is 5. The molecule has 0 atom stereocenters. The average Bonchev–Trinajstić information content (AvgIpc) is 3.33. The third kappa shape index (κ3) is 3.93. The van der Waals surface area contributed by atoms with Crippen LogP contribution in [-0.4, -0.2) is 33.3 Å². The van der Waals surface area contributed by atoms with Gasteiger partial charge < -0.3 is 4.52 Å². The summed E-state index contributed by atoms with van der Waals surface area (Å²) >= 11 is 12.3. The second-order valence-electron chi connectivity index (χ2n) is 6.45. The lowest BCUT2D eigenvalue weighted by molar-refractivity contribution is -0.130. The van der Waals surface area contributed by atoms with E-state index in [1.54, 1.807) is 25.1 Å². The largest absolute Gasteiger partial charge is 0.339 e. The lowest BCUT2D eigenvalue weighted by atomic mass is 10.1. The van der Waals surface area contributed by atoms with Crippen LogP contribution in [0.3, 0.4) is 0 Å². The number of amides is 1. The summed E-state index contributed by atoms with van der Waals surface area (Å²) in [5, 5.41) is 11.0. The van der Waals surface area contributed by atoms with Gasteiger partial charge in [0.25, 0.3) is 0 Å². The smallest absolute Gasteiger partial charge is 0.247 e. The highest BCUT2D eigenvalue weighted by Gasteiger charge is 2.23. The Morgan fingerprint density at radius 3 is 2.86 bits per heavy atom. The zero-order valence-corrected chi connectivity index (χ0v) is 16.5. The molecule has 0 fully saturated rings. The van der Waals surface area contributed by atoms with Crippen molar-refractivity contribution in [1.82, 2.24) is 15.1 Å². The van der Waals surface area contributed by atoms with E-state index in [9.17, 15) is 4.79 Å². The van der Waals surface area contributed by atoms with Crippen LogP contribution in [0.5, 0.6) is 0 Å². The summed E-state index contributed by atoms with van der Waals surface area (Å²) in [7, 11) is 0. The zero-order chi connectivity index (χ0) is 19.7. The summed E-state index contributed by atoms with van der Waals surface area (Å²) < 4.78 is 5.02. The van der Waals surface area contributed by atoms with Crippen molar-refractivity contribution in [3.8, 4) is 11.4 Å². The number of hydrazone groups is 1. The van der Waals surface area contributed by atoms with Gasteiger partial charge in [-0.3, -0.25) is 4.79 Å². The Morgan fingerprint density at radius 2 is 2.07 bits per heavy atom. The van der Waals surface area contributed by atoms with Crippen LogP contribution in [0.15, 0.2) is 52.1 Å². The lowest BCUT2D eigenvalue weighted by Gasteiger charge is -2.11. The number of nitrogens with zero attached hydrogens (tertiary/aromatic N) is 4. The van der Waals surface area contributed by atoms with Crippen LogP contribution in [0, 0.1) is 6.92 Å². The molecule has 2 heterocycles. The average molecular weight is 415 g/mol. The van der Waals surface area contributed by atoms with Crippen LogP contribution in [0.1, 0.15) is 23.4 Å². The van der Waals surface area contributed by atoms with Gasteiger partial charge >= 0.3 is 0 Å². The number of carbonyl (C=O) groups excluding carboxylic acids is 1. The molecule has 1 aliphatic heterocycles. The first-order valence-corrected chi connectivity index (χ1v) is 9.48. The third-order valence-electron chi connectivity index (χ3n) is 4.40. The second-order valence-corrected chi connectivity index (χ2v) is 7.30. The molecule has 0 bridgehead atoms. The normalized spacial score (nSPS) is 13.7. The van der Waals surface area contributed by atoms with E-state index in [4.69, 9.17) is 27.7 Å². The zero-order valence-electron chi connectivity index (χ0n) is 15.0. The molecule has 0 aliphatic carbocycles. The number of hydrogen-bond donors (Lipinski definition) is 0. The minimum atomic E-state index is -0.0883. The Labute approximate surface area is 171 Å². The number of rotatable bonds is 4. The van der Waals surface area contributed by atoms with E-state index in [1.807, 2.05) is 24.3 Å². The van der Waals surface area contributed by atoms with Gasteiger partial charge in [0.05, 0.1) is 18.7 Å². The van der Waals surface area contributed by atoms with Gasteiger partial charge in [-0.25, -0.2) is 5.01 Å². The molecule has 142 valence electrons. The molecule has 0 unspecified atom stereocenters. The van der Waals surface area contributed by atoms with Gasteiger partial charge in [0, 0.05) is 34.5 Å². The summed E-state index contributed by atoms with van der Waals surface area (Å²) in [5.41, 5.74) is 3.18. The van der Waals surface area contributed by atoms with Gasteiger partial charge in [0.15, 0.2) is 0 Å². The SMILES string of the molecule is Cc1nc(-c2cccc(CC(=O)N3CCC(c4cc(Cl)ccc4Cl)=N3)c2)no1. The Kier molecular flexibility index (Phi) is 5.15. The Bertz CT molecular complexity index is 1080. The molecule has 2 aromatic carbocycles. The molecule has 0 radical (unpaired) electrons. The lowest BCUT2D eigenvalue weighted by Crippen LogP contribution is -2.25. The van der Waals surface area contributed by atoms with Crippen molar-refractivity contribution in [3.63, 3.8) is 0 Å². The molecule has 6 nitrogen and oxygen atoms in total. The Balaban J connectivity index is 1.50. The molecule has 4 rings (SSSR count). The van der Waals surface area contributed by atoms with E-state index in [2.05, 4.69) is 15.2 Å². The Morgan fingerprint density at radius 1 is 1.21 bits per heavy atom.